The van der Waals surface area contributed by atoms with Crippen molar-refractivity contribution in [2.24, 2.45) is 13.0 Å². The van der Waals surface area contributed by atoms with Crippen LogP contribution in [0.4, 0.5) is 0 Å². The van der Waals surface area contributed by atoms with E-state index >= 15 is 0 Å². The van der Waals surface area contributed by atoms with E-state index < -0.39 is 5.97 Å². The SMILES string of the molecule is Cc1nc(-c2nnn(C)c2CC(=O)C[C@H](C)c2ccccc2)ccc1O[C@H]1CCC[C@H](C(=O)O)C1. The molecule has 0 amide bonds. The molecule has 1 aromatic carbocycles. The highest BCUT2D eigenvalue weighted by molar-refractivity contribution is 5.83. The van der Waals surface area contributed by atoms with Gasteiger partial charge >= 0.3 is 5.97 Å². The number of rotatable bonds is 9. The minimum absolute atomic E-state index is 0.120. The van der Waals surface area contributed by atoms with Crippen molar-refractivity contribution in [3.05, 3.63) is 59.4 Å². The van der Waals surface area contributed by atoms with Crippen LogP contribution in [-0.4, -0.2) is 42.9 Å². The molecule has 2 aromatic heterocycles. The Bertz CT molecular complexity index is 1190. The van der Waals surface area contributed by atoms with E-state index in [1.807, 2.05) is 49.4 Å². The van der Waals surface area contributed by atoms with Gasteiger partial charge in [0.2, 0.25) is 0 Å². The number of aromatic nitrogens is 4. The van der Waals surface area contributed by atoms with Gasteiger partial charge in [0.15, 0.2) is 0 Å². The van der Waals surface area contributed by atoms with Crippen LogP contribution in [0, 0.1) is 12.8 Å². The number of hydrogen-bond acceptors (Lipinski definition) is 6. The molecule has 3 atom stereocenters. The summed E-state index contributed by atoms with van der Waals surface area (Å²) in [6.45, 7) is 3.92. The summed E-state index contributed by atoms with van der Waals surface area (Å²) in [5, 5.41) is 17.8. The number of pyridine rings is 1. The maximum absolute atomic E-state index is 12.9. The topological polar surface area (TPSA) is 107 Å². The zero-order chi connectivity index (χ0) is 24.9. The normalized spacial score (nSPS) is 18.7. The Balaban J connectivity index is 1.45. The van der Waals surface area contributed by atoms with Gasteiger partial charge in [-0.3, -0.25) is 14.3 Å². The van der Waals surface area contributed by atoms with Crippen LogP contribution in [0.3, 0.4) is 0 Å². The van der Waals surface area contributed by atoms with Crippen LogP contribution >= 0.6 is 0 Å². The van der Waals surface area contributed by atoms with Gasteiger partial charge < -0.3 is 9.84 Å². The summed E-state index contributed by atoms with van der Waals surface area (Å²) in [6, 6.07) is 13.7. The highest BCUT2D eigenvalue weighted by Crippen LogP contribution is 2.31. The second-order valence-corrected chi connectivity index (χ2v) is 9.46. The van der Waals surface area contributed by atoms with Crippen molar-refractivity contribution in [1.29, 1.82) is 0 Å². The van der Waals surface area contributed by atoms with Crippen molar-refractivity contribution in [1.82, 2.24) is 20.0 Å². The predicted octanol–water partition coefficient (Wildman–Crippen LogP) is 4.51. The van der Waals surface area contributed by atoms with Crippen LogP contribution in [0.25, 0.3) is 11.4 Å². The smallest absolute Gasteiger partial charge is 0.306 e. The van der Waals surface area contributed by atoms with Crippen LogP contribution in [0.1, 0.15) is 61.9 Å². The second kappa shape index (κ2) is 10.8. The standard InChI is InChI=1S/C27H32N4O4/c1-17(19-8-5-4-6-9-19)14-21(32)16-24-26(29-30-31(24)3)23-12-13-25(18(2)28-23)35-22-11-7-10-20(15-22)27(33)34/h4-6,8-9,12-13,17,20,22H,7,10-11,14-16H2,1-3H3,(H,33,34)/t17-,20-,22-/m0/s1. The number of ketones is 1. The van der Waals surface area contributed by atoms with Crippen LogP contribution in [0.2, 0.25) is 0 Å². The monoisotopic (exact) mass is 476 g/mol. The van der Waals surface area contributed by atoms with Gasteiger partial charge in [0, 0.05) is 13.5 Å². The maximum atomic E-state index is 12.9. The van der Waals surface area contributed by atoms with E-state index in [0.717, 1.165) is 24.1 Å². The summed E-state index contributed by atoms with van der Waals surface area (Å²) in [7, 11) is 1.78. The number of carboxylic acid groups (broad SMARTS) is 1. The molecule has 1 N–H and O–H groups in total. The average Bonchev–Trinajstić information content (AvgIpc) is 3.20. The summed E-state index contributed by atoms with van der Waals surface area (Å²) < 4.78 is 7.76. The van der Waals surface area contributed by atoms with Gasteiger partial charge in [-0.15, -0.1) is 5.10 Å². The van der Waals surface area contributed by atoms with Crippen molar-refractivity contribution in [2.45, 2.75) is 64.4 Å². The number of ether oxygens (including phenoxy) is 1. The molecule has 1 fully saturated rings. The molecule has 0 unspecified atom stereocenters. The molecule has 184 valence electrons. The summed E-state index contributed by atoms with van der Waals surface area (Å²) in [4.78, 5) is 28.9. The first-order valence-electron chi connectivity index (χ1n) is 12.1. The molecular formula is C27H32N4O4. The van der Waals surface area contributed by atoms with Crippen molar-refractivity contribution in [2.75, 3.05) is 0 Å². The van der Waals surface area contributed by atoms with Crippen molar-refractivity contribution < 1.29 is 19.4 Å². The molecule has 2 heterocycles. The molecule has 1 saturated carbocycles. The number of carbonyl (C=O) groups excluding carboxylic acids is 1. The number of Topliss-reactive ketones (excluding diaryl/α,β-unsaturated/α-hetero) is 1. The molecule has 0 bridgehead atoms. The number of nitrogens with zero attached hydrogens (tertiary/aromatic N) is 4. The number of aliphatic carboxylic acids is 1. The molecule has 8 heteroatoms. The third kappa shape index (κ3) is 5.93. The van der Waals surface area contributed by atoms with Gasteiger partial charge in [0.25, 0.3) is 0 Å². The van der Waals surface area contributed by atoms with E-state index in [1.54, 1.807) is 11.7 Å². The Morgan fingerprint density at radius 1 is 1.17 bits per heavy atom. The van der Waals surface area contributed by atoms with Crippen molar-refractivity contribution in [3.8, 4) is 17.1 Å². The lowest BCUT2D eigenvalue weighted by atomic mass is 9.87. The van der Waals surface area contributed by atoms with Gasteiger partial charge in [0.1, 0.15) is 17.2 Å². The summed E-state index contributed by atoms with van der Waals surface area (Å²) in [5.74, 6) is -0.222. The molecule has 8 nitrogen and oxygen atoms in total. The van der Waals surface area contributed by atoms with E-state index in [-0.39, 0.29) is 30.1 Å². The van der Waals surface area contributed by atoms with Gasteiger partial charge in [-0.25, -0.2) is 4.98 Å². The largest absolute Gasteiger partial charge is 0.489 e. The van der Waals surface area contributed by atoms with Gasteiger partial charge in [-0.05, 0) is 56.2 Å². The molecule has 1 aliphatic carbocycles. The van der Waals surface area contributed by atoms with Gasteiger partial charge in [0.05, 0.1) is 35.5 Å². The van der Waals surface area contributed by atoms with Crippen LogP contribution in [0.15, 0.2) is 42.5 Å². The summed E-state index contributed by atoms with van der Waals surface area (Å²) >= 11 is 0. The van der Waals surface area contributed by atoms with E-state index in [0.29, 0.717) is 42.1 Å². The summed E-state index contributed by atoms with van der Waals surface area (Å²) in [5.41, 5.74) is 3.79. The number of aryl methyl sites for hydroxylation is 2. The Labute approximate surface area is 205 Å². The number of hydrogen-bond donors (Lipinski definition) is 1. The fraction of sp³-hybridized carbons (Fsp3) is 0.444. The lowest BCUT2D eigenvalue weighted by Gasteiger charge is -2.27. The highest BCUT2D eigenvalue weighted by atomic mass is 16.5. The van der Waals surface area contributed by atoms with Crippen LogP contribution < -0.4 is 4.74 Å². The third-order valence-electron chi connectivity index (χ3n) is 6.76. The maximum Gasteiger partial charge on any atom is 0.306 e. The predicted molar refractivity (Wildman–Crippen MR) is 131 cm³/mol. The molecule has 3 aromatic rings. The van der Waals surface area contributed by atoms with Crippen LogP contribution in [0.5, 0.6) is 5.75 Å². The molecule has 0 radical (unpaired) electrons. The van der Waals surface area contributed by atoms with Gasteiger partial charge in [-0.2, -0.15) is 0 Å². The Hall–Kier alpha value is -3.55. The van der Waals surface area contributed by atoms with E-state index in [2.05, 4.69) is 22.2 Å². The number of benzene rings is 1. The number of carboxylic acids is 1. The Morgan fingerprint density at radius 3 is 2.66 bits per heavy atom. The Kier molecular flexibility index (Phi) is 7.58. The lowest BCUT2D eigenvalue weighted by molar-refractivity contribution is -0.143. The fourth-order valence-corrected chi connectivity index (χ4v) is 4.73. The number of carbonyl (C=O) groups is 2. The molecule has 0 aliphatic heterocycles. The van der Waals surface area contributed by atoms with E-state index in [4.69, 9.17) is 4.74 Å². The molecule has 0 spiro atoms. The Morgan fingerprint density at radius 2 is 1.94 bits per heavy atom. The minimum atomic E-state index is -0.758. The lowest BCUT2D eigenvalue weighted by Crippen LogP contribution is -2.29. The molecule has 1 aliphatic rings. The minimum Gasteiger partial charge on any atom is -0.489 e. The third-order valence-corrected chi connectivity index (χ3v) is 6.76. The summed E-state index contributed by atoms with van der Waals surface area (Å²) in [6.07, 6.45) is 3.42. The average molecular weight is 477 g/mol. The molecule has 0 saturated heterocycles. The van der Waals surface area contributed by atoms with Crippen molar-refractivity contribution >= 4 is 11.8 Å². The second-order valence-electron chi connectivity index (χ2n) is 9.46. The van der Waals surface area contributed by atoms with E-state index in [9.17, 15) is 14.7 Å². The zero-order valence-electron chi connectivity index (χ0n) is 20.5. The fourth-order valence-electron chi connectivity index (χ4n) is 4.73. The van der Waals surface area contributed by atoms with Gasteiger partial charge in [-0.1, -0.05) is 42.5 Å². The quantitative estimate of drug-likeness (QED) is 0.484. The molecule has 35 heavy (non-hydrogen) atoms. The highest BCUT2D eigenvalue weighted by Gasteiger charge is 2.28. The molecule has 4 rings (SSSR count). The zero-order valence-corrected chi connectivity index (χ0v) is 20.5. The first-order valence-corrected chi connectivity index (χ1v) is 12.1. The van der Waals surface area contributed by atoms with Crippen molar-refractivity contribution in [3.63, 3.8) is 0 Å². The van der Waals surface area contributed by atoms with E-state index in [1.165, 1.54) is 0 Å². The first kappa shape index (κ1) is 24.6. The first-order chi connectivity index (χ1) is 16.8. The molecular weight excluding hydrogens is 444 g/mol. The van der Waals surface area contributed by atoms with Crippen LogP contribution in [-0.2, 0) is 23.1 Å².